The van der Waals surface area contributed by atoms with Crippen molar-refractivity contribution in [2.24, 2.45) is 0 Å². The Morgan fingerprint density at radius 1 is 0.958 bits per heavy atom. The average molecular weight is 314 g/mol. The van der Waals surface area contributed by atoms with Crippen LogP contribution in [0.5, 0.6) is 5.75 Å². The lowest BCUT2D eigenvalue weighted by molar-refractivity contribution is 0.104. The number of ketones is 1. The molecule has 24 heavy (non-hydrogen) atoms. The second kappa shape index (κ2) is 5.66. The standard InChI is InChI=1S/C20H14N2O2/c23-16-8-4-7-14(9-16)19(24)18-12-22-20-17(18)10-15(11-21-20)13-5-2-1-3-6-13/h1-12,23H,(H,21,22). The molecule has 2 aromatic heterocycles. The van der Waals surface area contributed by atoms with Gasteiger partial charge in [0, 0.05) is 34.5 Å². The molecule has 0 saturated heterocycles. The van der Waals surface area contributed by atoms with E-state index in [1.54, 1.807) is 30.6 Å². The van der Waals surface area contributed by atoms with Gasteiger partial charge in [0.05, 0.1) is 0 Å². The molecule has 0 aliphatic carbocycles. The highest BCUT2D eigenvalue weighted by atomic mass is 16.3. The molecule has 4 nitrogen and oxygen atoms in total. The van der Waals surface area contributed by atoms with Crippen LogP contribution in [0.15, 0.2) is 73.1 Å². The lowest BCUT2D eigenvalue weighted by Gasteiger charge is -2.03. The Kier molecular flexibility index (Phi) is 3.35. The van der Waals surface area contributed by atoms with Gasteiger partial charge in [-0.15, -0.1) is 0 Å². The number of rotatable bonds is 3. The van der Waals surface area contributed by atoms with Crippen LogP contribution in [-0.2, 0) is 0 Å². The van der Waals surface area contributed by atoms with Crippen molar-refractivity contribution in [3.05, 3.63) is 84.2 Å². The summed E-state index contributed by atoms with van der Waals surface area (Å²) in [6.07, 6.45) is 3.45. The van der Waals surface area contributed by atoms with Gasteiger partial charge in [-0.25, -0.2) is 4.98 Å². The minimum Gasteiger partial charge on any atom is -0.508 e. The van der Waals surface area contributed by atoms with E-state index in [0.717, 1.165) is 16.5 Å². The molecule has 0 aliphatic heterocycles. The third-order valence-electron chi connectivity index (χ3n) is 3.99. The molecule has 116 valence electrons. The fourth-order valence-electron chi connectivity index (χ4n) is 2.78. The zero-order valence-electron chi connectivity index (χ0n) is 12.7. The van der Waals surface area contributed by atoms with Crippen LogP contribution in [-0.4, -0.2) is 20.9 Å². The number of hydrogen-bond donors (Lipinski definition) is 2. The van der Waals surface area contributed by atoms with Gasteiger partial charge >= 0.3 is 0 Å². The van der Waals surface area contributed by atoms with E-state index >= 15 is 0 Å². The first-order valence-electron chi connectivity index (χ1n) is 7.58. The highest BCUT2D eigenvalue weighted by molar-refractivity contribution is 6.16. The van der Waals surface area contributed by atoms with Crippen molar-refractivity contribution in [3.8, 4) is 16.9 Å². The first kappa shape index (κ1) is 14.2. The fourth-order valence-corrected chi connectivity index (χ4v) is 2.78. The number of benzene rings is 2. The Bertz CT molecular complexity index is 1040. The number of fused-ring (bicyclic) bond motifs is 1. The van der Waals surface area contributed by atoms with Crippen LogP contribution in [0.3, 0.4) is 0 Å². The molecule has 0 bridgehead atoms. The summed E-state index contributed by atoms with van der Waals surface area (Å²) in [6, 6.07) is 18.2. The van der Waals surface area contributed by atoms with Gasteiger partial charge in [-0.2, -0.15) is 0 Å². The Labute approximate surface area is 138 Å². The number of phenolic OH excluding ortho intramolecular Hbond substituents is 1. The Morgan fingerprint density at radius 2 is 1.79 bits per heavy atom. The maximum absolute atomic E-state index is 12.8. The molecule has 0 spiro atoms. The van der Waals surface area contributed by atoms with Gasteiger partial charge in [0.1, 0.15) is 11.4 Å². The molecular weight excluding hydrogens is 300 g/mol. The molecular formula is C20H14N2O2. The van der Waals surface area contributed by atoms with Crippen LogP contribution in [0.1, 0.15) is 15.9 Å². The van der Waals surface area contributed by atoms with Crippen molar-refractivity contribution >= 4 is 16.8 Å². The van der Waals surface area contributed by atoms with Crippen LogP contribution in [0.25, 0.3) is 22.2 Å². The summed E-state index contributed by atoms with van der Waals surface area (Å²) in [5, 5.41) is 10.4. The third-order valence-corrected chi connectivity index (χ3v) is 3.99. The van der Waals surface area contributed by atoms with E-state index < -0.39 is 0 Å². The molecule has 4 aromatic rings. The predicted octanol–water partition coefficient (Wildman–Crippen LogP) is 4.17. The van der Waals surface area contributed by atoms with E-state index in [2.05, 4.69) is 9.97 Å². The number of aromatic hydroxyl groups is 1. The molecule has 0 aliphatic rings. The summed E-state index contributed by atoms with van der Waals surface area (Å²) in [4.78, 5) is 20.2. The minimum atomic E-state index is -0.149. The number of carbonyl (C=O) groups is 1. The topological polar surface area (TPSA) is 66.0 Å². The predicted molar refractivity (Wildman–Crippen MR) is 93.1 cm³/mol. The van der Waals surface area contributed by atoms with Crippen molar-refractivity contribution in [2.75, 3.05) is 0 Å². The average Bonchev–Trinajstić information content (AvgIpc) is 3.05. The molecule has 0 amide bonds. The molecule has 2 N–H and O–H groups in total. The first-order valence-corrected chi connectivity index (χ1v) is 7.58. The van der Waals surface area contributed by atoms with Crippen LogP contribution in [0.2, 0.25) is 0 Å². The third kappa shape index (κ3) is 2.44. The number of phenols is 1. The number of hydrogen-bond acceptors (Lipinski definition) is 3. The maximum atomic E-state index is 12.8. The van der Waals surface area contributed by atoms with Gasteiger partial charge in [0.25, 0.3) is 0 Å². The second-order valence-electron chi connectivity index (χ2n) is 5.57. The normalized spacial score (nSPS) is 10.8. The molecule has 4 rings (SSSR count). The highest BCUT2D eigenvalue weighted by Crippen LogP contribution is 2.26. The number of aromatic nitrogens is 2. The first-order chi connectivity index (χ1) is 11.7. The van der Waals surface area contributed by atoms with Crippen molar-refractivity contribution in [1.82, 2.24) is 9.97 Å². The van der Waals surface area contributed by atoms with Gasteiger partial charge in [-0.05, 0) is 23.8 Å². The zero-order chi connectivity index (χ0) is 16.5. The summed E-state index contributed by atoms with van der Waals surface area (Å²) < 4.78 is 0. The number of aromatic amines is 1. The van der Waals surface area contributed by atoms with Gasteiger partial charge in [-0.3, -0.25) is 4.79 Å². The molecule has 0 unspecified atom stereocenters. The molecule has 0 saturated carbocycles. The highest BCUT2D eigenvalue weighted by Gasteiger charge is 2.16. The van der Waals surface area contributed by atoms with E-state index in [0.29, 0.717) is 16.8 Å². The van der Waals surface area contributed by atoms with Gasteiger partial charge in [-0.1, -0.05) is 42.5 Å². The van der Waals surface area contributed by atoms with Crippen LogP contribution < -0.4 is 0 Å². The Morgan fingerprint density at radius 3 is 2.58 bits per heavy atom. The van der Waals surface area contributed by atoms with Gasteiger partial charge < -0.3 is 10.1 Å². The summed E-state index contributed by atoms with van der Waals surface area (Å²) in [5.74, 6) is -0.0760. The second-order valence-corrected chi connectivity index (χ2v) is 5.57. The van der Waals surface area contributed by atoms with Crippen molar-refractivity contribution in [1.29, 1.82) is 0 Å². The van der Waals surface area contributed by atoms with Gasteiger partial charge in [0.2, 0.25) is 0 Å². The maximum Gasteiger partial charge on any atom is 0.195 e. The number of pyridine rings is 1. The van der Waals surface area contributed by atoms with Crippen LogP contribution in [0, 0.1) is 0 Å². The summed E-state index contributed by atoms with van der Waals surface area (Å²) in [6.45, 7) is 0. The van der Waals surface area contributed by atoms with E-state index in [-0.39, 0.29) is 11.5 Å². The molecule has 2 aromatic carbocycles. The quantitative estimate of drug-likeness (QED) is 0.558. The van der Waals surface area contributed by atoms with E-state index in [4.69, 9.17) is 0 Å². The van der Waals surface area contributed by atoms with E-state index in [1.165, 1.54) is 6.07 Å². The largest absolute Gasteiger partial charge is 0.508 e. The lowest BCUT2D eigenvalue weighted by atomic mass is 10.0. The molecule has 0 atom stereocenters. The minimum absolute atomic E-state index is 0.0730. The van der Waals surface area contributed by atoms with Gasteiger partial charge in [0.15, 0.2) is 5.78 Å². The molecule has 0 fully saturated rings. The number of carbonyl (C=O) groups excluding carboxylic acids is 1. The number of nitrogens with one attached hydrogen (secondary N) is 1. The van der Waals surface area contributed by atoms with Crippen molar-refractivity contribution in [3.63, 3.8) is 0 Å². The van der Waals surface area contributed by atoms with E-state index in [9.17, 15) is 9.90 Å². The van der Waals surface area contributed by atoms with Crippen molar-refractivity contribution < 1.29 is 9.90 Å². The zero-order valence-corrected chi connectivity index (χ0v) is 12.7. The smallest absolute Gasteiger partial charge is 0.195 e. The van der Waals surface area contributed by atoms with Crippen LogP contribution >= 0.6 is 0 Å². The summed E-state index contributed by atoms with van der Waals surface area (Å²) >= 11 is 0. The molecule has 0 radical (unpaired) electrons. The monoisotopic (exact) mass is 314 g/mol. The van der Waals surface area contributed by atoms with Crippen LogP contribution in [0.4, 0.5) is 0 Å². The fraction of sp³-hybridized carbons (Fsp3) is 0. The number of H-pyrrole nitrogens is 1. The summed E-state index contributed by atoms with van der Waals surface area (Å²) in [7, 11) is 0. The molecule has 2 heterocycles. The molecule has 4 heteroatoms. The number of nitrogens with zero attached hydrogens (tertiary/aromatic N) is 1. The van der Waals surface area contributed by atoms with E-state index in [1.807, 2.05) is 36.4 Å². The SMILES string of the molecule is O=C(c1cccc(O)c1)c1c[nH]c2ncc(-c3ccccc3)cc12. The Hall–Kier alpha value is -3.40. The van der Waals surface area contributed by atoms with Crippen molar-refractivity contribution in [2.45, 2.75) is 0 Å². The lowest BCUT2D eigenvalue weighted by Crippen LogP contribution is -2.00. The Balaban J connectivity index is 1.83. The summed E-state index contributed by atoms with van der Waals surface area (Å²) in [5.41, 5.74) is 3.65.